The Kier molecular flexibility index (Phi) is 5.02. The van der Waals surface area contributed by atoms with E-state index < -0.39 is 17.6 Å². The number of aryl methyl sites for hydroxylation is 3. The van der Waals surface area contributed by atoms with Crippen molar-refractivity contribution in [3.63, 3.8) is 0 Å². The van der Waals surface area contributed by atoms with E-state index in [0.717, 1.165) is 0 Å². The molecule has 0 aliphatic carbocycles. The third kappa shape index (κ3) is 4.02. The number of hydrogen-bond acceptors (Lipinski definition) is 5. The molecule has 2 heterocycles. The lowest BCUT2D eigenvalue weighted by molar-refractivity contribution is -0.123. The Morgan fingerprint density at radius 3 is 2.59 bits per heavy atom. The van der Waals surface area contributed by atoms with Gasteiger partial charge in [-0.15, -0.1) is 0 Å². The number of hydrogen-bond donors (Lipinski definition) is 2. The molecular weight excluding hydrogens is 353 g/mol. The number of fused-ring (bicyclic) bond motifs is 1. The molecule has 0 fully saturated rings. The van der Waals surface area contributed by atoms with Crippen molar-refractivity contribution in [2.75, 3.05) is 6.61 Å². The van der Waals surface area contributed by atoms with Crippen LogP contribution in [0.2, 0.25) is 0 Å². The monoisotopic (exact) mass is 371 g/mol. The Morgan fingerprint density at radius 1 is 1.19 bits per heavy atom. The molecule has 3 aromatic rings. The van der Waals surface area contributed by atoms with Crippen molar-refractivity contribution in [1.29, 1.82) is 0 Å². The molecule has 0 aliphatic heterocycles. The van der Waals surface area contributed by atoms with Gasteiger partial charge in [-0.3, -0.25) is 25.1 Å². The molecule has 0 aliphatic rings. The predicted molar refractivity (Wildman–Crippen MR) is 95.5 cm³/mol. The van der Waals surface area contributed by atoms with Gasteiger partial charge in [0.25, 0.3) is 11.8 Å². The molecule has 1 aromatic carbocycles. The van der Waals surface area contributed by atoms with E-state index in [1.54, 1.807) is 31.6 Å². The van der Waals surface area contributed by atoms with Crippen LogP contribution < -0.4 is 15.6 Å². The Balaban J connectivity index is 1.65. The maximum Gasteiger partial charge on any atom is 0.276 e. The minimum atomic E-state index is -0.558. The lowest BCUT2D eigenvalue weighted by atomic mass is 10.1. The number of nitrogens with one attached hydrogen (secondary N) is 2. The fourth-order valence-corrected chi connectivity index (χ4v) is 2.66. The summed E-state index contributed by atoms with van der Waals surface area (Å²) in [6.07, 6.45) is 0. The summed E-state index contributed by atoms with van der Waals surface area (Å²) in [6.45, 7) is 3.22. The minimum absolute atomic E-state index is 0.331. The highest BCUT2D eigenvalue weighted by Gasteiger charge is 2.18. The number of aromatic nitrogens is 3. The number of ether oxygens (including phenoxy) is 1. The molecule has 27 heavy (non-hydrogen) atoms. The normalized spacial score (nSPS) is 10.7. The van der Waals surface area contributed by atoms with Gasteiger partial charge in [0.15, 0.2) is 12.3 Å². The first kappa shape index (κ1) is 18.3. The quantitative estimate of drug-likeness (QED) is 0.679. The van der Waals surface area contributed by atoms with Crippen molar-refractivity contribution in [1.82, 2.24) is 25.6 Å². The zero-order valence-corrected chi connectivity index (χ0v) is 15.0. The van der Waals surface area contributed by atoms with Gasteiger partial charge >= 0.3 is 0 Å². The van der Waals surface area contributed by atoms with E-state index in [-0.39, 0.29) is 6.61 Å². The Bertz CT molecular complexity index is 1010. The predicted octanol–water partition coefficient (Wildman–Crippen LogP) is 1.56. The maximum atomic E-state index is 12.8. The summed E-state index contributed by atoms with van der Waals surface area (Å²) in [5.74, 6) is -1.10. The van der Waals surface area contributed by atoms with Crippen LogP contribution in [0.4, 0.5) is 4.39 Å². The van der Waals surface area contributed by atoms with Gasteiger partial charge in [-0.05, 0) is 44.2 Å². The number of carbonyl (C=O) groups is 2. The fraction of sp³-hybridized carbons (Fsp3) is 0.222. The zero-order chi connectivity index (χ0) is 19.6. The SMILES string of the molecule is Cc1cc(C(=O)NNC(=O)COc2ccc(F)cc2)c2c(C)nn(C)c2n1. The second kappa shape index (κ2) is 7.40. The number of rotatable bonds is 4. The number of halogens is 1. The molecule has 3 rings (SSSR count). The second-order valence-electron chi connectivity index (χ2n) is 5.96. The fourth-order valence-electron chi connectivity index (χ4n) is 2.66. The van der Waals surface area contributed by atoms with Crippen LogP contribution in [-0.4, -0.2) is 33.2 Å². The molecule has 0 saturated carbocycles. The van der Waals surface area contributed by atoms with Crippen LogP contribution in [0.3, 0.4) is 0 Å². The average Bonchev–Trinajstić information content (AvgIpc) is 2.92. The van der Waals surface area contributed by atoms with Crippen molar-refractivity contribution in [2.45, 2.75) is 13.8 Å². The molecule has 9 heteroatoms. The molecule has 2 aromatic heterocycles. The largest absolute Gasteiger partial charge is 0.484 e. The van der Waals surface area contributed by atoms with E-state index in [9.17, 15) is 14.0 Å². The number of benzene rings is 1. The van der Waals surface area contributed by atoms with Crippen LogP contribution in [0.15, 0.2) is 30.3 Å². The number of nitrogens with zero attached hydrogens (tertiary/aromatic N) is 3. The highest BCUT2D eigenvalue weighted by molar-refractivity contribution is 6.06. The topological polar surface area (TPSA) is 98.1 Å². The summed E-state index contributed by atoms with van der Waals surface area (Å²) in [5.41, 5.74) is 6.91. The first-order valence-corrected chi connectivity index (χ1v) is 8.13. The van der Waals surface area contributed by atoms with Crippen LogP contribution in [-0.2, 0) is 11.8 Å². The molecule has 0 atom stereocenters. The van der Waals surface area contributed by atoms with Gasteiger partial charge in [-0.1, -0.05) is 0 Å². The van der Waals surface area contributed by atoms with Gasteiger partial charge in [0.1, 0.15) is 11.6 Å². The molecule has 2 N–H and O–H groups in total. The Morgan fingerprint density at radius 2 is 1.89 bits per heavy atom. The van der Waals surface area contributed by atoms with Crippen LogP contribution in [0.1, 0.15) is 21.7 Å². The molecule has 2 amide bonds. The molecule has 0 unspecified atom stereocenters. The van der Waals surface area contributed by atoms with Crippen molar-refractivity contribution in [3.05, 3.63) is 53.1 Å². The van der Waals surface area contributed by atoms with Gasteiger partial charge in [0.05, 0.1) is 16.6 Å². The highest BCUT2D eigenvalue weighted by atomic mass is 19.1. The average molecular weight is 371 g/mol. The minimum Gasteiger partial charge on any atom is -0.484 e. The third-order valence-corrected chi connectivity index (χ3v) is 3.84. The summed E-state index contributed by atoms with van der Waals surface area (Å²) in [7, 11) is 1.75. The highest BCUT2D eigenvalue weighted by Crippen LogP contribution is 2.21. The van der Waals surface area contributed by atoms with Crippen molar-refractivity contribution >= 4 is 22.8 Å². The van der Waals surface area contributed by atoms with E-state index in [1.165, 1.54) is 24.3 Å². The van der Waals surface area contributed by atoms with E-state index in [2.05, 4.69) is 20.9 Å². The maximum absolute atomic E-state index is 12.8. The van der Waals surface area contributed by atoms with E-state index in [0.29, 0.717) is 33.7 Å². The van der Waals surface area contributed by atoms with Gasteiger partial charge in [0, 0.05) is 12.7 Å². The standard InChI is InChI=1S/C18H18FN5O3/c1-10-8-14(16-11(2)23-24(3)17(16)20-10)18(26)22-21-15(25)9-27-13-6-4-12(19)5-7-13/h4-8H,9H2,1-3H3,(H,21,25)(H,22,26). The molecule has 0 radical (unpaired) electrons. The lowest BCUT2D eigenvalue weighted by Crippen LogP contribution is -2.44. The summed E-state index contributed by atoms with van der Waals surface area (Å²) < 4.78 is 19.7. The summed E-state index contributed by atoms with van der Waals surface area (Å²) >= 11 is 0. The van der Waals surface area contributed by atoms with Crippen molar-refractivity contribution in [3.8, 4) is 5.75 Å². The number of carbonyl (C=O) groups excluding carboxylic acids is 2. The lowest BCUT2D eigenvalue weighted by Gasteiger charge is -2.10. The summed E-state index contributed by atoms with van der Waals surface area (Å²) in [5, 5.41) is 4.90. The first-order valence-electron chi connectivity index (χ1n) is 8.13. The third-order valence-electron chi connectivity index (χ3n) is 3.84. The van der Waals surface area contributed by atoms with Gasteiger partial charge in [-0.25, -0.2) is 9.37 Å². The van der Waals surface area contributed by atoms with E-state index in [4.69, 9.17) is 4.74 Å². The zero-order valence-electron chi connectivity index (χ0n) is 15.0. The van der Waals surface area contributed by atoms with Crippen molar-refractivity contribution in [2.24, 2.45) is 7.05 Å². The molecule has 0 bridgehead atoms. The molecule has 8 nitrogen and oxygen atoms in total. The van der Waals surface area contributed by atoms with Crippen molar-refractivity contribution < 1.29 is 18.7 Å². The Hall–Kier alpha value is -3.49. The Labute approximate surface area is 154 Å². The van der Waals surface area contributed by atoms with Gasteiger partial charge in [-0.2, -0.15) is 5.10 Å². The summed E-state index contributed by atoms with van der Waals surface area (Å²) in [6, 6.07) is 6.89. The van der Waals surface area contributed by atoms with Crippen LogP contribution in [0, 0.1) is 19.7 Å². The number of pyridine rings is 1. The van der Waals surface area contributed by atoms with E-state index >= 15 is 0 Å². The molecule has 0 spiro atoms. The van der Waals surface area contributed by atoms with Crippen LogP contribution in [0.25, 0.3) is 11.0 Å². The smallest absolute Gasteiger partial charge is 0.276 e. The van der Waals surface area contributed by atoms with Crippen LogP contribution >= 0.6 is 0 Å². The molecular formula is C18H18FN5O3. The van der Waals surface area contributed by atoms with E-state index in [1.807, 2.05) is 0 Å². The first-order chi connectivity index (χ1) is 12.8. The van der Waals surface area contributed by atoms with Gasteiger partial charge in [0.2, 0.25) is 0 Å². The second-order valence-corrected chi connectivity index (χ2v) is 5.96. The van der Waals surface area contributed by atoms with Gasteiger partial charge < -0.3 is 4.74 Å². The number of amides is 2. The summed E-state index contributed by atoms with van der Waals surface area (Å²) in [4.78, 5) is 28.8. The van der Waals surface area contributed by atoms with Crippen LogP contribution in [0.5, 0.6) is 5.75 Å². The molecule has 0 saturated heterocycles. The number of hydrazine groups is 1. The molecule has 140 valence electrons.